The number of aromatic amines is 1. The van der Waals surface area contributed by atoms with E-state index in [1.54, 1.807) is 23.0 Å². The van der Waals surface area contributed by atoms with Gasteiger partial charge in [0.1, 0.15) is 23.4 Å². The van der Waals surface area contributed by atoms with E-state index in [0.717, 1.165) is 37.4 Å². The van der Waals surface area contributed by atoms with Crippen LogP contribution in [0.1, 0.15) is 12.8 Å². The van der Waals surface area contributed by atoms with Gasteiger partial charge in [0.05, 0.1) is 17.4 Å². The summed E-state index contributed by atoms with van der Waals surface area (Å²) in [5.41, 5.74) is 1.83. The number of benzene rings is 2. The molecule has 1 saturated heterocycles. The van der Waals surface area contributed by atoms with E-state index in [-0.39, 0.29) is 17.5 Å². The fourth-order valence-corrected chi connectivity index (χ4v) is 3.85. The second kappa shape index (κ2) is 7.96. The zero-order chi connectivity index (χ0) is 21.4. The van der Waals surface area contributed by atoms with Crippen LogP contribution in [0.25, 0.3) is 27.8 Å². The number of likely N-dealkylation sites (tertiary alicyclic amines) is 1. The minimum Gasteiger partial charge on any atom is -0.490 e. The number of fused-ring (bicyclic) bond motifs is 1. The van der Waals surface area contributed by atoms with Crippen LogP contribution in [0, 0.1) is 5.82 Å². The van der Waals surface area contributed by atoms with E-state index < -0.39 is 0 Å². The lowest BCUT2D eigenvalue weighted by molar-refractivity contribution is 0.114. The number of pyridine rings is 1. The SMILES string of the molecule is CN1CCC(Oc2ccc(-n3cc(-c4cc5cc(F)ccc5[nH]c4=O)nn3)cc2)CC1. The first-order valence-corrected chi connectivity index (χ1v) is 10.3. The Kier molecular flexibility index (Phi) is 4.99. The van der Waals surface area contributed by atoms with Gasteiger partial charge < -0.3 is 14.6 Å². The molecule has 0 bridgehead atoms. The minimum atomic E-state index is -0.364. The summed E-state index contributed by atoms with van der Waals surface area (Å²) in [6, 6.07) is 13.5. The molecular weight excluding hydrogens is 397 g/mol. The van der Waals surface area contributed by atoms with Crippen LogP contribution >= 0.6 is 0 Å². The van der Waals surface area contributed by atoms with E-state index in [4.69, 9.17) is 4.74 Å². The predicted molar refractivity (Wildman–Crippen MR) is 116 cm³/mol. The lowest BCUT2D eigenvalue weighted by Crippen LogP contribution is -2.35. The number of H-pyrrole nitrogens is 1. The van der Waals surface area contributed by atoms with E-state index in [9.17, 15) is 9.18 Å². The van der Waals surface area contributed by atoms with Gasteiger partial charge in [-0.2, -0.15) is 0 Å². The summed E-state index contributed by atoms with van der Waals surface area (Å²) in [6.45, 7) is 2.09. The molecule has 0 atom stereocenters. The Bertz CT molecular complexity index is 1270. The molecule has 4 aromatic rings. The molecule has 0 radical (unpaired) electrons. The van der Waals surface area contributed by atoms with Crippen molar-refractivity contribution in [3.05, 3.63) is 70.9 Å². The third-order valence-corrected chi connectivity index (χ3v) is 5.65. The molecule has 0 amide bonds. The number of hydrogen-bond acceptors (Lipinski definition) is 5. The quantitative estimate of drug-likeness (QED) is 0.549. The number of nitrogens with zero attached hydrogens (tertiary/aromatic N) is 4. The molecule has 2 aromatic heterocycles. The third-order valence-electron chi connectivity index (χ3n) is 5.65. The number of piperidine rings is 1. The smallest absolute Gasteiger partial charge is 0.258 e. The maximum atomic E-state index is 13.6. The van der Waals surface area contributed by atoms with Crippen LogP contribution in [0.3, 0.4) is 0 Å². The molecule has 0 spiro atoms. The Hall–Kier alpha value is -3.52. The minimum absolute atomic E-state index is 0.240. The van der Waals surface area contributed by atoms with Gasteiger partial charge in [0.25, 0.3) is 5.56 Å². The van der Waals surface area contributed by atoms with Gasteiger partial charge in [-0.25, -0.2) is 9.07 Å². The van der Waals surface area contributed by atoms with Gasteiger partial charge in [0.2, 0.25) is 0 Å². The van der Waals surface area contributed by atoms with E-state index in [2.05, 4.69) is 27.2 Å². The van der Waals surface area contributed by atoms with Gasteiger partial charge in [0, 0.05) is 24.0 Å². The molecule has 1 aliphatic heterocycles. The highest BCUT2D eigenvalue weighted by molar-refractivity contribution is 5.82. The Morgan fingerprint density at radius 3 is 2.65 bits per heavy atom. The number of rotatable bonds is 4. The molecular formula is C23H22FN5O2. The molecule has 5 rings (SSSR count). The van der Waals surface area contributed by atoms with Crippen molar-refractivity contribution in [2.24, 2.45) is 0 Å². The first kappa shape index (κ1) is 19.4. The topological polar surface area (TPSA) is 76.0 Å². The second-order valence-corrected chi connectivity index (χ2v) is 7.91. The molecule has 31 heavy (non-hydrogen) atoms. The van der Waals surface area contributed by atoms with Crippen molar-refractivity contribution >= 4 is 10.9 Å². The first-order chi connectivity index (χ1) is 15.0. The number of hydrogen-bond donors (Lipinski definition) is 1. The van der Waals surface area contributed by atoms with Crippen LogP contribution in [0.4, 0.5) is 4.39 Å². The average molecular weight is 419 g/mol. The van der Waals surface area contributed by atoms with Crippen molar-refractivity contribution in [1.29, 1.82) is 0 Å². The summed E-state index contributed by atoms with van der Waals surface area (Å²) in [5, 5.41) is 8.88. The van der Waals surface area contributed by atoms with Crippen LogP contribution in [-0.4, -0.2) is 51.1 Å². The maximum absolute atomic E-state index is 13.6. The lowest BCUT2D eigenvalue weighted by atomic mass is 10.1. The second-order valence-electron chi connectivity index (χ2n) is 7.91. The molecule has 7 nitrogen and oxygen atoms in total. The number of halogens is 1. The van der Waals surface area contributed by atoms with E-state index in [1.807, 2.05) is 24.3 Å². The molecule has 158 valence electrons. The largest absolute Gasteiger partial charge is 0.490 e. The highest BCUT2D eigenvalue weighted by Gasteiger charge is 2.18. The summed E-state index contributed by atoms with van der Waals surface area (Å²) >= 11 is 0. The highest BCUT2D eigenvalue weighted by atomic mass is 19.1. The van der Waals surface area contributed by atoms with Gasteiger partial charge in [-0.05, 0) is 68.4 Å². The Labute approximate surface area is 178 Å². The zero-order valence-electron chi connectivity index (χ0n) is 17.1. The van der Waals surface area contributed by atoms with E-state index in [1.165, 1.54) is 12.1 Å². The standard InChI is InChI=1S/C23H22FN5O2/c1-28-10-8-19(9-11-28)31-18-5-3-17(4-6-18)29-14-22(26-27-29)20-13-15-12-16(24)2-7-21(15)25-23(20)30/h2-7,12-14,19H,8-11H2,1H3,(H,25,30). The fraction of sp³-hybridized carbons (Fsp3) is 0.261. The summed E-state index contributed by atoms with van der Waals surface area (Å²) in [6.07, 6.45) is 3.97. The summed E-state index contributed by atoms with van der Waals surface area (Å²) in [5.74, 6) is 0.461. The Morgan fingerprint density at radius 1 is 1.10 bits per heavy atom. The van der Waals surface area contributed by atoms with E-state index in [0.29, 0.717) is 22.2 Å². The molecule has 0 aliphatic carbocycles. The number of aromatic nitrogens is 4. The number of ether oxygens (including phenoxy) is 1. The summed E-state index contributed by atoms with van der Waals surface area (Å²) < 4.78 is 21.2. The van der Waals surface area contributed by atoms with Crippen LogP contribution in [0.15, 0.2) is 59.5 Å². The van der Waals surface area contributed by atoms with Crippen LogP contribution in [0.5, 0.6) is 5.75 Å². The van der Waals surface area contributed by atoms with Gasteiger partial charge in [-0.1, -0.05) is 5.21 Å². The average Bonchev–Trinajstić information content (AvgIpc) is 3.26. The van der Waals surface area contributed by atoms with Crippen molar-refractivity contribution in [2.45, 2.75) is 18.9 Å². The molecule has 0 unspecified atom stereocenters. The molecule has 1 N–H and O–H groups in total. The molecule has 8 heteroatoms. The fourth-order valence-electron chi connectivity index (χ4n) is 3.85. The summed E-state index contributed by atoms with van der Waals surface area (Å²) in [7, 11) is 2.13. The maximum Gasteiger partial charge on any atom is 0.258 e. The number of nitrogens with one attached hydrogen (secondary N) is 1. The van der Waals surface area contributed by atoms with Gasteiger partial charge in [-0.15, -0.1) is 5.10 Å². The molecule has 3 heterocycles. The van der Waals surface area contributed by atoms with Crippen LogP contribution in [0.2, 0.25) is 0 Å². The Balaban J connectivity index is 1.36. The van der Waals surface area contributed by atoms with E-state index >= 15 is 0 Å². The molecule has 2 aromatic carbocycles. The molecule has 1 fully saturated rings. The van der Waals surface area contributed by atoms with Crippen LogP contribution < -0.4 is 10.3 Å². The zero-order valence-corrected chi connectivity index (χ0v) is 17.1. The molecule has 1 aliphatic rings. The van der Waals surface area contributed by atoms with Crippen molar-refractivity contribution in [1.82, 2.24) is 24.9 Å². The first-order valence-electron chi connectivity index (χ1n) is 10.3. The normalized spacial score (nSPS) is 15.4. The van der Waals surface area contributed by atoms with Crippen LogP contribution in [-0.2, 0) is 0 Å². The third kappa shape index (κ3) is 4.06. The molecule has 0 saturated carbocycles. The summed E-state index contributed by atoms with van der Waals surface area (Å²) in [4.78, 5) is 17.5. The Morgan fingerprint density at radius 2 is 1.87 bits per heavy atom. The monoisotopic (exact) mass is 419 g/mol. The predicted octanol–water partition coefficient (Wildman–Crippen LogP) is 3.39. The van der Waals surface area contributed by atoms with Crippen molar-refractivity contribution in [3.63, 3.8) is 0 Å². The van der Waals surface area contributed by atoms with Gasteiger partial charge in [-0.3, -0.25) is 4.79 Å². The van der Waals surface area contributed by atoms with Crippen molar-refractivity contribution in [2.75, 3.05) is 20.1 Å². The van der Waals surface area contributed by atoms with Crippen molar-refractivity contribution in [3.8, 4) is 22.7 Å². The lowest BCUT2D eigenvalue weighted by Gasteiger charge is -2.29. The van der Waals surface area contributed by atoms with Gasteiger partial charge in [0.15, 0.2) is 0 Å². The highest BCUT2D eigenvalue weighted by Crippen LogP contribution is 2.22. The van der Waals surface area contributed by atoms with Crippen molar-refractivity contribution < 1.29 is 9.13 Å². The van der Waals surface area contributed by atoms with Gasteiger partial charge >= 0.3 is 0 Å².